The monoisotopic (exact) mass is 214 g/mol. The molecule has 0 aromatic rings. The van der Waals surface area contributed by atoms with Crippen LogP contribution in [0.25, 0.3) is 0 Å². The first-order chi connectivity index (χ1) is 0. The SMILES string of the molecule is [Ce+3].[Cl-].[Na+].[O-2]. The van der Waals surface area contributed by atoms with E-state index in [9.17, 15) is 0 Å². The fourth-order valence-electron chi connectivity index (χ4n) is 0. The molecular weight excluding hydrogens is 215 g/mol. The third kappa shape index (κ3) is 8.82. The Hall–Kier alpha value is 2.63. The Morgan fingerprint density at radius 2 is 1.00 bits per heavy atom. The van der Waals surface area contributed by atoms with E-state index >= 15 is 0 Å². The van der Waals surface area contributed by atoms with Crippen molar-refractivity contribution in [2.75, 3.05) is 0 Å². The molecule has 0 aliphatic heterocycles. The van der Waals surface area contributed by atoms with Gasteiger partial charge in [0.05, 0.1) is 0 Å². The van der Waals surface area contributed by atoms with Crippen LogP contribution in [-0.2, 0) is 5.48 Å². The van der Waals surface area contributed by atoms with Gasteiger partial charge in [0.1, 0.15) is 0 Å². The van der Waals surface area contributed by atoms with Crippen molar-refractivity contribution in [1.82, 2.24) is 0 Å². The number of rotatable bonds is 0. The number of hydrogen-bond acceptors (Lipinski definition) is 0. The van der Waals surface area contributed by atoms with Crippen molar-refractivity contribution in [1.29, 1.82) is 0 Å². The number of halogens is 1. The van der Waals surface area contributed by atoms with Crippen LogP contribution in [0.15, 0.2) is 0 Å². The molecule has 0 amide bonds. The topological polar surface area (TPSA) is 28.5 Å². The van der Waals surface area contributed by atoms with Crippen LogP contribution in [0.5, 0.6) is 0 Å². The summed E-state index contributed by atoms with van der Waals surface area (Å²) in [7, 11) is 0. The first kappa shape index (κ1) is 30.4. The zero-order chi connectivity index (χ0) is 0. The maximum absolute atomic E-state index is 0. The van der Waals surface area contributed by atoms with Gasteiger partial charge in [0.25, 0.3) is 0 Å². The van der Waals surface area contributed by atoms with Gasteiger partial charge in [0.15, 0.2) is 0 Å². The first-order valence-electron chi connectivity index (χ1n) is 0. The Labute approximate surface area is 87.3 Å². The molecule has 4 heteroatoms. The van der Waals surface area contributed by atoms with Gasteiger partial charge in [-0.05, 0) is 0 Å². The molecule has 0 spiro atoms. The van der Waals surface area contributed by atoms with Crippen LogP contribution >= 0.6 is 0 Å². The van der Waals surface area contributed by atoms with E-state index in [1.165, 1.54) is 0 Å². The zero-order valence-electron chi connectivity index (χ0n) is 2.29. The summed E-state index contributed by atoms with van der Waals surface area (Å²) in [5.74, 6) is 0. The summed E-state index contributed by atoms with van der Waals surface area (Å²) in [5, 5.41) is 0. The van der Waals surface area contributed by atoms with Crippen molar-refractivity contribution in [3.05, 3.63) is 0 Å². The molecule has 0 saturated heterocycles. The molecule has 0 heterocycles. The van der Waals surface area contributed by atoms with E-state index in [0.29, 0.717) is 0 Å². The van der Waals surface area contributed by atoms with Crippen LogP contribution in [0, 0.1) is 41.7 Å². The smallest absolute Gasteiger partial charge is 2.00 e. The van der Waals surface area contributed by atoms with Gasteiger partial charge in [-0.1, -0.05) is 0 Å². The van der Waals surface area contributed by atoms with Gasteiger partial charge in [0, 0.05) is 0 Å². The van der Waals surface area contributed by atoms with Gasteiger partial charge >= 0.3 is 71.3 Å². The molecule has 0 unspecified atom stereocenters. The standard InChI is InChI=1S/Ce.ClH.Na.O/h;1H;;/q+3;;+1;-2/p-1. The van der Waals surface area contributed by atoms with Crippen LogP contribution in [0.1, 0.15) is 0 Å². The maximum Gasteiger partial charge on any atom is 3.00 e. The zero-order valence-corrected chi connectivity index (χ0v) is 8.18. The van der Waals surface area contributed by atoms with Gasteiger partial charge < -0.3 is 17.9 Å². The molecule has 17 valence electrons. The summed E-state index contributed by atoms with van der Waals surface area (Å²) in [6.45, 7) is 0. The molecule has 0 N–H and O–H groups in total. The van der Waals surface area contributed by atoms with E-state index < -0.39 is 0 Å². The predicted octanol–water partition coefficient (Wildman–Crippen LogP) is -6.11. The molecule has 0 fully saturated rings. The molecule has 0 aromatic heterocycles. The van der Waals surface area contributed by atoms with Crippen molar-refractivity contribution in [3.63, 3.8) is 0 Å². The van der Waals surface area contributed by atoms with Gasteiger partial charge in [-0.15, -0.1) is 0 Å². The second-order valence-corrected chi connectivity index (χ2v) is 0. The predicted molar refractivity (Wildman–Crippen MR) is 0.686 cm³/mol. The van der Waals surface area contributed by atoms with E-state index in [1.54, 1.807) is 0 Å². The quantitative estimate of drug-likeness (QED) is 0.359. The molecule has 4 heavy (non-hydrogen) atoms. The minimum absolute atomic E-state index is 0. The molecule has 0 aliphatic rings. The van der Waals surface area contributed by atoms with Crippen molar-refractivity contribution >= 4 is 0 Å². The van der Waals surface area contributed by atoms with Crippen LogP contribution in [0.4, 0.5) is 0 Å². The summed E-state index contributed by atoms with van der Waals surface area (Å²) in [6, 6.07) is 0. The summed E-state index contributed by atoms with van der Waals surface area (Å²) < 4.78 is 0. The van der Waals surface area contributed by atoms with Crippen LogP contribution in [-0.4, -0.2) is 0 Å². The minimum Gasteiger partial charge on any atom is -2.00 e. The Bertz CT molecular complexity index is 8.00. The molecule has 0 atom stereocenters. The summed E-state index contributed by atoms with van der Waals surface area (Å²) in [4.78, 5) is 0. The molecular formula is CeClNaO+. The molecule has 0 aliphatic carbocycles. The van der Waals surface area contributed by atoms with Gasteiger partial charge in [-0.3, -0.25) is 0 Å². The van der Waals surface area contributed by atoms with Crippen LogP contribution in [0.2, 0.25) is 0 Å². The molecule has 1 radical (unpaired) electrons. The summed E-state index contributed by atoms with van der Waals surface area (Å²) in [6.07, 6.45) is 0. The molecule has 0 rings (SSSR count). The normalized spacial score (nSPS) is 0. The third-order valence-corrected chi connectivity index (χ3v) is 0. The van der Waals surface area contributed by atoms with Crippen molar-refractivity contribution in [2.45, 2.75) is 0 Å². The van der Waals surface area contributed by atoms with E-state index in [2.05, 4.69) is 0 Å². The fraction of sp³-hybridized carbons (Fsp3) is 0. The average molecular weight is 215 g/mol. The van der Waals surface area contributed by atoms with Crippen molar-refractivity contribution in [2.24, 2.45) is 0 Å². The van der Waals surface area contributed by atoms with Gasteiger partial charge in [-0.25, -0.2) is 0 Å². The van der Waals surface area contributed by atoms with Gasteiger partial charge in [-0.2, -0.15) is 0 Å². The van der Waals surface area contributed by atoms with E-state index in [4.69, 9.17) is 0 Å². The Balaban J connectivity index is 0. The second-order valence-electron chi connectivity index (χ2n) is 0. The average Bonchev–Trinajstić information content (AvgIpc) is 0. The van der Waals surface area contributed by atoms with Crippen LogP contribution < -0.4 is 42.0 Å². The number of hydrogen-bond donors (Lipinski definition) is 0. The Morgan fingerprint density at radius 1 is 1.00 bits per heavy atom. The summed E-state index contributed by atoms with van der Waals surface area (Å²) in [5.41, 5.74) is 0. The molecule has 0 aromatic carbocycles. The van der Waals surface area contributed by atoms with E-state index in [1.807, 2.05) is 0 Å². The fourth-order valence-corrected chi connectivity index (χ4v) is 0. The van der Waals surface area contributed by atoms with Gasteiger partial charge in [0.2, 0.25) is 0 Å². The molecule has 0 bridgehead atoms. The largest absolute Gasteiger partial charge is 3.00 e. The Kier molecular flexibility index (Phi) is 133. The minimum atomic E-state index is 0. The van der Waals surface area contributed by atoms with E-state index in [0.717, 1.165) is 0 Å². The molecule has 0 saturated carbocycles. The van der Waals surface area contributed by atoms with Crippen molar-refractivity contribution in [3.8, 4) is 0 Å². The maximum atomic E-state index is 0. The molecule has 1 nitrogen and oxygen atoms in total. The second kappa shape index (κ2) is 17.5. The third-order valence-electron chi connectivity index (χ3n) is 0. The first-order valence-corrected chi connectivity index (χ1v) is 0. The van der Waals surface area contributed by atoms with Crippen LogP contribution in [0.3, 0.4) is 0 Å². The summed E-state index contributed by atoms with van der Waals surface area (Å²) >= 11 is 0. The Morgan fingerprint density at radius 3 is 1.00 bits per heavy atom. The van der Waals surface area contributed by atoms with E-state index in [-0.39, 0.29) is 89.2 Å². The van der Waals surface area contributed by atoms with Crippen molar-refractivity contribution < 1.29 is 89.2 Å².